The quantitative estimate of drug-likeness (QED) is 0.572. The molecule has 0 radical (unpaired) electrons. The highest BCUT2D eigenvalue weighted by Crippen LogP contribution is 2.33. The molecule has 8 nitrogen and oxygen atoms in total. The maximum atomic E-state index is 13.7. The van der Waals surface area contributed by atoms with Crippen LogP contribution in [0.25, 0.3) is 5.69 Å². The minimum absolute atomic E-state index is 0.0335. The lowest BCUT2D eigenvalue weighted by Gasteiger charge is -2.12. The van der Waals surface area contributed by atoms with Gasteiger partial charge in [-0.1, -0.05) is 11.3 Å². The SMILES string of the molecule is Cc1ccc(NC(=O)c2nnn(-c3ccc(F)cc3)c2C(F)(F)F)cc1NS(C)(=O)=O. The number of alkyl halides is 3. The van der Waals surface area contributed by atoms with Crippen molar-refractivity contribution in [1.29, 1.82) is 0 Å². The van der Waals surface area contributed by atoms with Gasteiger partial charge in [-0.25, -0.2) is 17.5 Å². The average molecular weight is 457 g/mol. The third-order valence-corrected chi connectivity index (χ3v) is 4.61. The van der Waals surface area contributed by atoms with Crippen molar-refractivity contribution in [2.45, 2.75) is 13.1 Å². The number of carbonyl (C=O) groups excluding carboxylic acids is 1. The third-order valence-electron chi connectivity index (χ3n) is 4.02. The average Bonchev–Trinajstić information content (AvgIpc) is 3.09. The fourth-order valence-corrected chi connectivity index (χ4v) is 3.27. The fourth-order valence-electron chi connectivity index (χ4n) is 2.65. The van der Waals surface area contributed by atoms with Crippen LogP contribution in [0.3, 0.4) is 0 Å². The Hall–Kier alpha value is -3.48. The number of sulfonamides is 1. The zero-order valence-electron chi connectivity index (χ0n) is 16.0. The van der Waals surface area contributed by atoms with Gasteiger partial charge in [-0.3, -0.25) is 9.52 Å². The molecule has 0 saturated carbocycles. The molecule has 164 valence electrons. The van der Waals surface area contributed by atoms with E-state index in [0.717, 1.165) is 30.5 Å². The minimum Gasteiger partial charge on any atom is -0.320 e. The maximum absolute atomic E-state index is 13.7. The van der Waals surface area contributed by atoms with Crippen LogP contribution in [-0.2, 0) is 16.2 Å². The third kappa shape index (κ3) is 5.17. The van der Waals surface area contributed by atoms with Crippen LogP contribution in [0.15, 0.2) is 42.5 Å². The Morgan fingerprint density at radius 3 is 2.32 bits per heavy atom. The highest BCUT2D eigenvalue weighted by atomic mass is 32.2. The normalized spacial score (nSPS) is 11.9. The van der Waals surface area contributed by atoms with E-state index < -0.39 is 39.3 Å². The van der Waals surface area contributed by atoms with Crippen LogP contribution in [-0.4, -0.2) is 35.6 Å². The number of aryl methyl sites for hydroxylation is 1. The Labute approximate surface area is 173 Å². The molecule has 3 aromatic rings. The Morgan fingerprint density at radius 2 is 1.74 bits per heavy atom. The van der Waals surface area contributed by atoms with E-state index in [-0.39, 0.29) is 17.1 Å². The molecule has 1 amide bonds. The number of anilines is 2. The van der Waals surface area contributed by atoms with Gasteiger partial charge >= 0.3 is 6.18 Å². The number of carbonyl (C=O) groups is 1. The van der Waals surface area contributed by atoms with Gasteiger partial charge in [0, 0.05) is 5.69 Å². The largest absolute Gasteiger partial charge is 0.435 e. The molecule has 0 atom stereocenters. The molecular formula is C18H15F4N5O3S. The lowest BCUT2D eigenvalue weighted by atomic mass is 10.2. The van der Waals surface area contributed by atoms with Crippen LogP contribution in [0, 0.1) is 12.7 Å². The number of benzene rings is 2. The molecule has 0 fully saturated rings. The summed E-state index contributed by atoms with van der Waals surface area (Å²) in [5.74, 6) is -1.87. The molecule has 0 spiro atoms. The number of nitrogens with one attached hydrogen (secondary N) is 2. The summed E-state index contributed by atoms with van der Waals surface area (Å²) in [5, 5.41) is 9.00. The van der Waals surface area contributed by atoms with Gasteiger partial charge in [-0.05, 0) is 48.9 Å². The van der Waals surface area contributed by atoms with Gasteiger partial charge in [0.2, 0.25) is 10.0 Å². The van der Waals surface area contributed by atoms with Crippen molar-refractivity contribution >= 4 is 27.3 Å². The van der Waals surface area contributed by atoms with E-state index in [0.29, 0.717) is 10.2 Å². The van der Waals surface area contributed by atoms with Crippen LogP contribution in [0.5, 0.6) is 0 Å². The Morgan fingerprint density at radius 1 is 1.10 bits per heavy atom. The first-order valence-electron chi connectivity index (χ1n) is 8.54. The first-order chi connectivity index (χ1) is 14.3. The molecule has 0 aliphatic heterocycles. The Kier molecular flexibility index (Phi) is 5.72. The summed E-state index contributed by atoms with van der Waals surface area (Å²) in [5.41, 5.74) is -1.89. The summed E-state index contributed by atoms with van der Waals surface area (Å²) in [7, 11) is -3.62. The molecular weight excluding hydrogens is 442 g/mol. The number of rotatable bonds is 5. The molecule has 0 aliphatic rings. The van der Waals surface area contributed by atoms with Crippen LogP contribution in [0.1, 0.15) is 21.7 Å². The summed E-state index contributed by atoms with van der Waals surface area (Å²) < 4.78 is 79.7. The Bertz CT molecular complexity index is 1240. The monoisotopic (exact) mass is 457 g/mol. The smallest absolute Gasteiger partial charge is 0.320 e. The van der Waals surface area contributed by atoms with Gasteiger partial charge in [-0.2, -0.15) is 13.2 Å². The van der Waals surface area contributed by atoms with Crippen molar-refractivity contribution in [2.75, 3.05) is 16.3 Å². The molecule has 1 heterocycles. The predicted octanol–water partition coefficient (Wildman–Crippen LogP) is 3.36. The molecule has 0 unspecified atom stereocenters. The number of hydrogen-bond acceptors (Lipinski definition) is 5. The lowest BCUT2D eigenvalue weighted by molar-refractivity contribution is -0.143. The lowest BCUT2D eigenvalue weighted by Crippen LogP contribution is -2.21. The number of amides is 1. The second-order valence-corrected chi connectivity index (χ2v) is 8.28. The second-order valence-electron chi connectivity index (χ2n) is 6.53. The zero-order chi connectivity index (χ0) is 23.0. The topological polar surface area (TPSA) is 106 Å². The first kappa shape index (κ1) is 22.2. The van der Waals surface area contributed by atoms with Gasteiger partial charge < -0.3 is 5.32 Å². The highest BCUT2D eigenvalue weighted by molar-refractivity contribution is 7.92. The van der Waals surface area contributed by atoms with E-state index in [1.54, 1.807) is 6.92 Å². The summed E-state index contributed by atoms with van der Waals surface area (Å²) in [6, 6.07) is 8.13. The minimum atomic E-state index is -5.00. The van der Waals surface area contributed by atoms with Gasteiger partial charge in [-0.15, -0.1) is 5.10 Å². The predicted molar refractivity (Wildman–Crippen MR) is 104 cm³/mol. The number of nitrogens with zero attached hydrogens (tertiary/aromatic N) is 3. The van der Waals surface area contributed by atoms with Gasteiger partial charge in [0.1, 0.15) is 5.82 Å². The molecule has 2 aromatic carbocycles. The Balaban J connectivity index is 1.97. The van der Waals surface area contributed by atoms with Crippen LogP contribution < -0.4 is 10.0 Å². The molecule has 3 rings (SSSR count). The number of hydrogen-bond donors (Lipinski definition) is 2. The van der Waals surface area contributed by atoms with Gasteiger partial charge in [0.25, 0.3) is 5.91 Å². The van der Waals surface area contributed by atoms with E-state index in [1.165, 1.54) is 18.2 Å². The van der Waals surface area contributed by atoms with Crippen LogP contribution >= 0.6 is 0 Å². The van der Waals surface area contributed by atoms with Crippen molar-refractivity contribution in [3.8, 4) is 5.69 Å². The summed E-state index contributed by atoms with van der Waals surface area (Å²) in [4.78, 5) is 12.5. The van der Waals surface area contributed by atoms with E-state index in [1.807, 2.05) is 0 Å². The second kappa shape index (κ2) is 7.98. The molecule has 0 aliphatic carbocycles. The van der Waals surface area contributed by atoms with Crippen molar-refractivity contribution in [3.05, 3.63) is 65.2 Å². The highest BCUT2D eigenvalue weighted by Gasteiger charge is 2.42. The van der Waals surface area contributed by atoms with Crippen molar-refractivity contribution < 1.29 is 30.8 Å². The van der Waals surface area contributed by atoms with Gasteiger partial charge in [0.15, 0.2) is 11.4 Å². The van der Waals surface area contributed by atoms with Crippen molar-refractivity contribution in [2.24, 2.45) is 0 Å². The fraction of sp³-hybridized carbons (Fsp3) is 0.167. The summed E-state index contributed by atoms with van der Waals surface area (Å²) in [6.07, 6.45) is -4.07. The number of halogens is 4. The summed E-state index contributed by atoms with van der Waals surface area (Å²) >= 11 is 0. The molecule has 13 heteroatoms. The summed E-state index contributed by atoms with van der Waals surface area (Å²) in [6.45, 7) is 1.61. The maximum Gasteiger partial charge on any atom is 0.435 e. The molecule has 0 saturated heterocycles. The van der Waals surface area contributed by atoms with Crippen molar-refractivity contribution in [1.82, 2.24) is 15.0 Å². The van der Waals surface area contributed by atoms with E-state index >= 15 is 0 Å². The molecule has 2 N–H and O–H groups in total. The molecule has 1 aromatic heterocycles. The molecule has 31 heavy (non-hydrogen) atoms. The van der Waals surface area contributed by atoms with E-state index in [9.17, 15) is 30.8 Å². The first-order valence-corrected chi connectivity index (χ1v) is 10.4. The van der Waals surface area contributed by atoms with Crippen LogP contribution in [0.2, 0.25) is 0 Å². The van der Waals surface area contributed by atoms with Crippen molar-refractivity contribution in [3.63, 3.8) is 0 Å². The zero-order valence-corrected chi connectivity index (χ0v) is 16.8. The molecule has 0 bridgehead atoms. The van der Waals surface area contributed by atoms with E-state index in [2.05, 4.69) is 20.4 Å². The van der Waals surface area contributed by atoms with Gasteiger partial charge in [0.05, 0.1) is 17.6 Å². The standard InChI is InChI=1S/C18H15F4N5O3S/c1-10-3-6-12(9-14(10)25-31(2,29)30)23-17(28)15-16(18(20,21)22)27(26-24-15)13-7-4-11(19)5-8-13/h3-9,25H,1-2H3,(H,23,28). The number of aromatic nitrogens is 3. The van der Waals surface area contributed by atoms with Crippen LogP contribution in [0.4, 0.5) is 28.9 Å². The van der Waals surface area contributed by atoms with E-state index in [4.69, 9.17) is 0 Å².